The molecule has 1 amide bonds. The van der Waals surface area contributed by atoms with Crippen molar-refractivity contribution in [3.8, 4) is 17.2 Å². The van der Waals surface area contributed by atoms with Gasteiger partial charge in [0.05, 0.1) is 18.9 Å². The molecule has 0 saturated heterocycles. The molecule has 0 aliphatic carbocycles. The third-order valence-corrected chi connectivity index (χ3v) is 5.58. The van der Waals surface area contributed by atoms with Crippen molar-refractivity contribution in [2.24, 2.45) is 5.10 Å². The minimum Gasteiger partial charge on any atom is -0.493 e. The van der Waals surface area contributed by atoms with Crippen LogP contribution < -0.4 is 19.6 Å². The molecule has 3 aromatic carbocycles. The lowest BCUT2D eigenvalue weighted by Crippen LogP contribution is -2.24. The molecule has 3 rings (SSSR count). The normalized spacial score (nSPS) is 10.9. The zero-order chi connectivity index (χ0) is 25.4. The van der Waals surface area contributed by atoms with Crippen molar-refractivity contribution < 1.29 is 23.8 Å². The molecule has 0 radical (unpaired) electrons. The van der Waals surface area contributed by atoms with E-state index in [-0.39, 0.29) is 18.3 Å². The van der Waals surface area contributed by atoms with Crippen molar-refractivity contribution in [3.63, 3.8) is 0 Å². The third-order valence-electron chi connectivity index (χ3n) is 5.09. The largest absolute Gasteiger partial charge is 0.493 e. The number of carbonyl (C=O) groups excluding carboxylic acids is 2. The molecule has 182 valence electrons. The molecule has 8 heteroatoms. The molecule has 0 aromatic heterocycles. The summed E-state index contributed by atoms with van der Waals surface area (Å²) in [5, 5.41) is 3.97. The average Bonchev–Trinajstić information content (AvgIpc) is 2.84. The minimum atomic E-state index is -0.507. The Labute approximate surface area is 213 Å². The first-order chi connectivity index (χ1) is 16.8. The van der Waals surface area contributed by atoms with Gasteiger partial charge >= 0.3 is 5.97 Å². The highest BCUT2D eigenvalue weighted by Gasteiger charge is 2.13. The van der Waals surface area contributed by atoms with Gasteiger partial charge in [0, 0.05) is 4.47 Å². The van der Waals surface area contributed by atoms with Crippen LogP contribution in [0, 0.1) is 6.92 Å². The second-order valence-electron chi connectivity index (χ2n) is 8.07. The number of aryl methyl sites for hydroxylation is 1. The van der Waals surface area contributed by atoms with E-state index in [1.807, 2.05) is 25.1 Å². The maximum atomic E-state index is 12.4. The Hall–Kier alpha value is -3.65. The molecule has 0 atom stereocenters. The number of nitrogens with zero attached hydrogens (tertiary/aromatic N) is 1. The molecule has 0 saturated carbocycles. The highest BCUT2D eigenvalue weighted by molar-refractivity contribution is 9.10. The Morgan fingerprint density at radius 1 is 1.03 bits per heavy atom. The number of methoxy groups -OCH3 is 1. The van der Waals surface area contributed by atoms with E-state index in [9.17, 15) is 9.59 Å². The molecule has 1 N–H and O–H groups in total. The number of amides is 1. The molecule has 3 aromatic rings. The van der Waals surface area contributed by atoms with Crippen LogP contribution in [0.25, 0.3) is 0 Å². The van der Waals surface area contributed by atoms with E-state index in [0.717, 1.165) is 15.6 Å². The van der Waals surface area contributed by atoms with Crippen LogP contribution in [-0.2, 0) is 4.79 Å². The molecule has 0 aliphatic rings. The summed E-state index contributed by atoms with van der Waals surface area (Å²) in [5.74, 6) is 0.768. The molecule has 35 heavy (non-hydrogen) atoms. The lowest BCUT2D eigenvalue weighted by molar-refractivity contribution is -0.123. The van der Waals surface area contributed by atoms with Crippen molar-refractivity contribution in [1.29, 1.82) is 0 Å². The number of rotatable bonds is 9. The van der Waals surface area contributed by atoms with Crippen LogP contribution in [0.2, 0.25) is 0 Å². The van der Waals surface area contributed by atoms with Gasteiger partial charge in [-0.2, -0.15) is 5.10 Å². The molecule has 0 bridgehead atoms. The van der Waals surface area contributed by atoms with Crippen LogP contribution in [0.1, 0.15) is 46.8 Å². The summed E-state index contributed by atoms with van der Waals surface area (Å²) >= 11 is 3.34. The summed E-state index contributed by atoms with van der Waals surface area (Å²) in [7, 11) is 1.47. The minimum absolute atomic E-state index is 0.159. The maximum Gasteiger partial charge on any atom is 0.343 e. The van der Waals surface area contributed by atoms with Crippen molar-refractivity contribution in [2.75, 3.05) is 13.7 Å². The zero-order valence-corrected chi connectivity index (χ0v) is 21.6. The molecular weight excluding hydrogens is 512 g/mol. The lowest BCUT2D eigenvalue weighted by Gasteiger charge is -2.12. The quantitative estimate of drug-likeness (QED) is 0.165. The first kappa shape index (κ1) is 26.0. The number of halogens is 1. The van der Waals surface area contributed by atoms with Gasteiger partial charge < -0.3 is 14.2 Å². The van der Waals surface area contributed by atoms with Crippen molar-refractivity contribution in [3.05, 3.63) is 87.4 Å². The Kier molecular flexibility index (Phi) is 9.03. The number of hydrazone groups is 1. The number of esters is 1. The summed E-state index contributed by atoms with van der Waals surface area (Å²) < 4.78 is 17.3. The summed E-state index contributed by atoms with van der Waals surface area (Å²) in [6.07, 6.45) is 1.46. The number of benzene rings is 3. The molecule has 0 heterocycles. The second kappa shape index (κ2) is 12.2. The Balaban J connectivity index is 1.57. The van der Waals surface area contributed by atoms with E-state index in [1.54, 1.807) is 36.4 Å². The molecule has 0 spiro atoms. The van der Waals surface area contributed by atoms with Gasteiger partial charge in [0.25, 0.3) is 5.91 Å². The summed E-state index contributed by atoms with van der Waals surface area (Å²) in [6.45, 7) is 5.98. The van der Waals surface area contributed by atoms with E-state index in [1.165, 1.54) is 13.3 Å². The van der Waals surface area contributed by atoms with Gasteiger partial charge in [-0.15, -0.1) is 0 Å². The number of nitrogens with one attached hydrogen (secondary N) is 1. The Morgan fingerprint density at radius 3 is 2.54 bits per heavy atom. The fourth-order valence-electron chi connectivity index (χ4n) is 3.11. The smallest absolute Gasteiger partial charge is 0.343 e. The van der Waals surface area contributed by atoms with Crippen molar-refractivity contribution in [1.82, 2.24) is 5.43 Å². The average molecular weight is 539 g/mol. The van der Waals surface area contributed by atoms with E-state index in [4.69, 9.17) is 14.2 Å². The van der Waals surface area contributed by atoms with Crippen LogP contribution in [0.5, 0.6) is 17.2 Å². The van der Waals surface area contributed by atoms with Gasteiger partial charge in [-0.1, -0.05) is 48.0 Å². The lowest BCUT2D eigenvalue weighted by atomic mass is 10.0. The summed E-state index contributed by atoms with van der Waals surface area (Å²) in [4.78, 5) is 24.6. The topological polar surface area (TPSA) is 86.2 Å². The van der Waals surface area contributed by atoms with Crippen LogP contribution in [0.3, 0.4) is 0 Å². The number of hydrogen-bond acceptors (Lipinski definition) is 6. The van der Waals surface area contributed by atoms with E-state index in [0.29, 0.717) is 28.5 Å². The van der Waals surface area contributed by atoms with E-state index in [2.05, 4.69) is 46.4 Å². The predicted molar refractivity (Wildman–Crippen MR) is 139 cm³/mol. The van der Waals surface area contributed by atoms with Gasteiger partial charge in [0.1, 0.15) is 5.75 Å². The maximum absolute atomic E-state index is 12.4. The van der Waals surface area contributed by atoms with Gasteiger partial charge in [0.2, 0.25) is 0 Å². The summed E-state index contributed by atoms with van der Waals surface area (Å²) in [5.41, 5.74) is 5.59. The van der Waals surface area contributed by atoms with Gasteiger partial charge in [0.15, 0.2) is 18.1 Å². The van der Waals surface area contributed by atoms with Crippen LogP contribution >= 0.6 is 15.9 Å². The van der Waals surface area contributed by atoms with Gasteiger partial charge in [-0.3, -0.25) is 4.79 Å². The van der Waals surface area contributed by atoms with Crippen molar-refractivity contribution in [2.45, 2.75) is 26.7 Å². The van der Waals surface area contributed by atoms with Crippen molar-refractivity contribution >= 4 is 34.0 Å². The van der Waals surface area contributed by atoms with E-state index < -0.39 is 5.97 Å². The molecule has 0 aliphatic heterocycles. The van der Waals surface area contributed by atoms with Gasteiger partial charge in [-0.25, -0.2) is 10.2 Å². The zero-order valence-electron chi connectivity index (χ0n) is 20.0. The molecule has 0 fully saturated rings. The van der Waals surface area contributed by atoms with Crippen LogP contribution in [0.4, 0.5) is 0 Å². The fraction of sp³-hybridized carbons (Fsp3) is 0.222. The second-order valence-corrected chi connectivity index (χ2v) is 8.99. The number of ether oxygens (including phenoxy) is 3. The third kappa shape index (κ3) is 7.42. The SMILES string of the molecule is COc1cc(/C=N/NC(=O)COc2cc(C(C)C)ccc2C)ccc1OC(=O)c1cccc(Br)c1. The highest BCUT2D eigenvalue weighted by atomic mass is 79.9. The summed E-state index contributed by atoms with van der Waals surface area (Å²) in [6, 6.07) is 17.8. The highest BCUT2D eigenvalue weighted by Crippen LogP contribution is 2.29. The first-order valence-electron chi connectivity index (χ1n) is 11.0. The van der Waals surface area contributed by atoms with Gasteiger partial charge in [-0.05, 0) is 72.0 Å². The number of carbonyl (C=O) groups is 2. The van der Waals surface area contributed by atoms with E-state index >= 15 is 0 Å². The first-order valence-corrected chi connectivity index (χ1v) is 11.8. The fourth-order valence-corrected chi connectivity index (χ4v) is 3.51. The Bertz CT molecular complexity index is 1240. The monoisotopic (exact) mass is 538 g/mol. The van der Waals surface area contributed by atoms with Crippen LogP contribution in [-0.4, -0.2) is 31.8 Å². The standard InChI is InChI=1S/C27H27BrN2O5/c1-17(2)20-10-8-18(3)24(14-20)34-16-26(31)30-29-15-19-9-11-23(25(12-19)33-4)35-27(32)21-6-5-7-22(28)13-21/h5-15,17H,16H2,1-4H3,(H,30,31)/b29-15+. The number of hydrogen-bond donors (Lipinski definition) is 1. The molecule has 0 unspecified atom stereocenters. The van der Waals surface area contributed by atoms with Crippen LogP contribution in [0.15, 0.2) is 70.2 Å². The Morgan fingerprint density at radius 2 is 1.83 bits per heavy atom. The predicted octanol–water partition coefficient (Wildman–Crippen LogP) is 5.64. The molecular formula is C27H27BrN2O5. The molecule has 7 nitrogen and oxygen atoms in total.